The van der Waals surface area contributed by atoms with Crippen LogP contribution in [0.2, 0.25) is 0 Å². The Morgan fingerprint density at radius 1 is 1.21 bits per heavy atom. The Morgan fingerprint density at radius 3 is 2.75 bits per heavy atom. The van der Waals surface area contributed by atoms with Gasteiger partial charge in [0.05, 0.1) is 19.3 Å². The zero-order valence-corrected chi connectivity index (χ0v) is 14.9. The quantitative estimate of drug-likeness (QED) is 0.863. The summed E-state index contributed by atoms with van der Waals surface area (Å²) in [6, 6.07) is 2.49. The molecule has 2 aliphatic heterocycles. The first-order chi connectivity index (χ1) is 11.8. The van der Waals surface area contributed by atoms with Crippen LogP contribution in [0.1, 0.15) is 39.5 Å². The molecule has 2 fully saturated rings. The van der Waals surface area contributed by atoms with Crippen LogP contribution in [-0.4, -0.2) is 55.0 Å². The lowest BCUT2D eigenvalue weighted by atomic mass is 9.89. The van der Waals surface area contributed by atoms with Gasteiger partial charge in [-0.1, -0.05) is 26.7 Å². The van der Waals surface area contributed by atoms with Crippen LogP contribution in [0.3, 0.4) is 0 Å². The van der Waals surface area contributed by atoms with Gasteiger partial charge < -0.3 is 19.7 Å². The monoisotopic (exact) mass is 334 g/mol. The van der Waals surface area contributed by atoms with Crippen LogP contribution in [0.5, 0.6) is 0 Å². The number of rotatable bonds is 6. The minimum absolute atomic E-state index is 0.367. The predicted octanol–water partition coefficient (Wildman–Crippen LogP) is 2.71. The van der Waals surface area contributed by atoms with Crippen molar-refractivity contribution >= 4 is 11.6 Å². The van der Waals surface area contributed by atoms with Crippen molar-refractivity contribution in [2.24, 2.45) is 5.92 Å². The van der Waals surface area contributed by atoms with Gasteiger partial charge in [0.25, 0.3) is 0 Å². The molecule has 3 heterocycles. The number of nitrogens with zero attached hydrogens (tertiary/aromatic N) is 3. The molecule has 0 aliphatic carbocycles. The van der Waals surface area contributed by atoms with Crippen LogP contribution in [0.15, 0.2) is 12.4 Å². The summed E-state index contributed by atoms with van der Waals surface area (Å²) in [7, 11) is 0. The van der Waals surface area contributed by atoms with Crippen molar-refractivity contribution in [2.75, 3.05) is 43.1 Å². The number of morpholine rings is 1. The minimum atomic E-state index is 0.367. The smallest absolute Gasteiger partial charge is 0.134 e. The molecule has 2 atom stereocenters. The normalized spacial score (nSPS) is 25.0. The van der Waals surface area contributed by atoms with Gasteiger partial charge in [0.15, 0.2) is 0 Å². The predicted molar refractivity (Wildman–Crippen MR) is 95.5 cm³/mol. The highest BCUT2D eigenvalue weighted by Gasteiger charge is 2.27. The molecular formula is C18H30N4O2. The number of ether oxygens (including phenoxy) is 2. The lowest BCUT2D eigenvalue weighted by molar-refractivity contribution is -0.0271. The van der Waals surface area contributed by atoms with Gasteiger partial charge >= 0.3 is 0 Å². The van der Waals surface area contributed by atoms with E-state index < -0.39 is 0 Å². The summed E-state index contributed by atoms with van der Waals surface area (Å²) in [5, 5.41) is 3.60. The first kappa shape index (κ1) is 17.4. The van der Waals surface area contributed by atoms with Gasteiger partial charge in [-0.15, -0.1) is 0 Å². The number of hydrogen-bond acceptors (Lipinski definition) is 6. The molecule has 0 spiro atoms. The van der Waals surface area contributed by atoms with E-state index in [1.807, 2.05) is 0 Å². The van der Waals surface area contributed by atoms with Crippen LogP contribution in [0.4, 0.5) is 11.6 Å². The van der Waals surface area contributed by atoms with Crippen LogP contribution in [0.25, 0.3) is 0 Å². The van der Waals surface area contributed by atoms with Crippen molar-refractivity contribution in [2.45, 2.75) is 51.7 Å². The van der Waals surface area contributed by atoms with Crippen molar-refractivity contribution in [3.8, 4) is 0 Å². The molecule has 1 N–H and O–H groups in total. The zero-order valence-electron chi connectivity index (χ0n) is 14.9. The molecule has 134 valence electrons. The Bertz CT molecular complexity index is 504. The second kappa shape index (κ2) is 8.62. The first-order valence-corrected chi connectivity index (χ1v) is 9.33. The zero-order chi connectivity index (χ0) is 16.8. The molecule has 0 saturated carbocycles. The lowest BCUT2D eigenvalue weighted by Gasteiger charge is -2.34. The first-order valence-electron chi connectivity index (χ1n) is 9.33. The van der Waals surface area contributed by atoms with Crippen LogP contribution < -0.4 is 10.2 Å². The molecule has 6 heteroatoms. The molecule has 0 radical (unpaired) electrons. The molecular weight excluding hydrogens is 304 g/mol. The van der Waals surface area contributed by atoms with Gasteiger partial charge in [-0.2, -0.15) is 0 Å². The maximum Gasteiger partial charge on any atom is 0.134 e. The van der Waals surface area contributed by atoms with E-state index in [4.69, 9.17) is 9.47 Å². The van der Waals surface area contributed by atoms with Crippen molar-refractivity contribution in [1.82, 2.24) is 9.97 Å². The Morgan fingerprint density at radius 2 is 2.00 bits per heavy atom. The van der Waals surface area contributed by atoms with Crippen molar-refractivity contribution in [3.63, 3.8) is 0 Å². The van der Waals surface area contributed by atoms with E-state index in [2.05, 4.69) is 40.1 Å². The van der Waals surface area contributed by atoms with Crippen LogP contribution in [0, 0.1) is 5.92 Å². The molecule has 1 aromatic heterocycles. The summed E-state index contributed by atoms with van der Waals surface area (Å²) < 4.78 is 11.4. The van der Waals surface area contributed by atoms with E-state index >= 15 is 0 Å². The molecule has 0 aromatic carbocycles. The summed E-state index contributed by atoms with van der Waals surface area (Å²) in [6.07, 6.45) is 6.49. The molecule has 6 nitrogen and oxygen atoms in total. The van der Waals surface area contributed by atoms with E-state index in [-0.39, 0.29) is 0 Å². The molecule has 0 bridgehead atoms. The van der Waals surface area contributed by atoms with Gasteiger partial charge in [0, 0.05) is 31.8 Å². The topological polar surface area (TPSA) is 59.5 Å². The molecule has 2 saturated heterocycles. The van der Waals surface area contributed by atoms with Crippen molar-refractivity contribution in [1.29, 1.82) is 0 Å². The van der Waals surface area contributed by atoms with Gasteiger partial charge in [-0.25, -0.2) is 9.97 Å². The highest BCUT2D eigenvalue weighted by atomic mass is 16.5. The number of aromatic nitrogens is 2. The van der Waals surface area contributed by atoms with Crippen LogP contribution >= 0.6 is 0 Å². The fourth-order valence-corrected chi connectivity index (χ4v) is 3.70. The molecule has 3 rings (SSSR count). The highest BCUT2D eigenvalue weighted by molar-refractivity contribution is 5.49. The third kappa shape index (κ3) is 4.36. The Balaban J connectivity index is 1.60. The second-order valence-electron chi connectivity index (χ2n) is 6.71. The van der Waals surface area contributed by atoms with Gasteiger partial charge in [-0.05, 0) is 18.8 Å². The average molecular weight is 334 g/mol. The van der Waals surface area contributed by atoms with E-state index in [9.17, 15) is 0 Å². The largest absolute Gasteiger partial charge is 0.378 e. The number of anilines is 2. The third-order valence-electron chi connectivity index (χ3n) is 5.23. The van der Waals surface area contributed by atoms with E-state index in [1.165, 1.54) is 12.8 Å². The second-order valence-corrected chi connectivity index (χ2v) is 6.71. The van der Waals surface area contributed by atoms with Crippen molar-refractivity contribution < 1.29 is 9.47 Å². The molecule has 24 heavy (non-hydrogen) atoms. The Kier molecular flexibility index (Phi) is 6.26. The van der Waals surface area contributed by atoms with Crippen molar-refractivity contribution in [3.05, 3.63) is 12.4 Å². The number of nitrogens with one attached hydrogen (secondary N) is 1. The van der Waals surface area contributed by atoms with E-state index in [0.29, 0.717) is 18.1 Å². The summed E-state index contributed by atoms with van der Waals surface area (Å²) in [6.45, 7) is 8.67. The standard InChI is InChI=1S/C18H30N4O2/c1-3-14(4-2)16-11-15(5-8-24-16)21-17-12-18(20-13-19-17)22-6-9-23-10-7-22/h12-16H,3-11H2,1-2H3,(H,19,20,21)/t15-,16-/m0/s1. The van der Waals surface area contributed by atoms with E-state index in [0.717, 1.165) is 57.4 Å². The molecule has 0 amide bonds. The summed E-state index contributed by atoms with van der Waals surface area (Å²) >= 11 is 0. The molecule has 2 aliphatic rings. The summed E-state index contributed by atoms with van der Waals surface area (Å²) in [5.74, 6) is 2.56. The highest BCUT2D eigenvalue weighted by Crippen LogP contribution is 2.27. The van der Waals surface area contributed by atoms with Gasteiger partial charge in [0.1, 0.15) is 18.0 Å². The molecule has 1 aromatic rings. The third-order valence-corrected chi connectivity index (χ3v) is 5.23. The summed E-state index contributed by atoms with van der Waals surface area (Å²) in [4.78, 5) is 11.1. The lowest BCUT2D eigenvalue weighted by Crippen LogP contribution is -2.38. The van der Waals surface area contributed by atoms with Gasteiger partial charge in [0.2, 0.25) is 0 Å². The minimum Gasteiger partial charge on any atom is -0.378 e. The maximum absolute atomic E-state index is 6.01. The average Bonchev–Trinajstić information content (AvgIpc) is 2.64. The summed E-state index contributed by atoms with van der Waals surface area (Å²) in [5.41, 5.74) is 0. The fourth-order valence-electron chi connectivity index (χ4n) is 3.70. The Labute approximate surface area is 145 Å². The molecule has 0 unspecified atom stereocenters. The number of hydrogen-bond donors (Lipinski definition) is 1. The fraction of sp³-hybridized carbons (Fsp3) is 0.778. The van der Waals surface area contributed by atoms with E-state index in [1.54, 1.807) is 6.33 Å². The maximum atomic E-state index is 6.01. The SMILES string of the molecule is CCC(CC)[C@@H]1C[C@@H](Nc2cc(N3CCOCC3)ncn2)CCO1. The Hall–Kier alpha value is -1.40. The van der Waals surface area contributed by atoms with Gasteiger partial charge in [-0.3, -0.25) is 0 Å². The van der Waals surface area contributed by atoms with Crippen LogP contribution in [-0.2, 0) is 9.47 Å².